The molecule has 0 aromatic carbocycles. The van der Waals surface area contributed by atoms with E-state index in [0.717, 1.165) is 42.8 Å². The van der Waals surface area contributed by atoms with E-state index in [1.165, 1.54) is 13.0 Å². The first kappa shape index (κ1) is 17.1. The van der Waals surface area contributed by atoms with Crippen LogP contribution in [0.5, 0.6) is 0 Å². The Kier molecular flexibility index (Phi) is 4.00. The number of rotatable bonds is 2. The standard InChI is InChI=1S/C18H21F2N5O/c1-11-8-14(23-25(11)17(19)20)16(26)24-7-3-5-18(10-24)6-4-13-9-21-12(2)22-15(13)18/h8-9,17H,3-7,10H2,1-2H3. The molecule has 0 saturated carbocycles. The van der Waals surface area contributed by atoms with Crippen molar-refractivity contribution in [3.05, 3.63) is 40.7 Å². The van der Waals surface area contributed by atoms with Crippen molar-refractivity contribution in [1.82, 2.24) is 24.6 Å². The monoisotopic (exact) mass is 361 g/mol. The molecule has 1 spiro atoms. The van der Waals surface area contributed by atoms with Gasteiger partial charge in [-0.25, -0.2) is 14.6 Å². The van der Waals surface area contributed by atoms with E-state index in [1.54, 1.807) is 4.90 Å². The van der Waals surface area contributed by atoms with E-state index in [-0.39, 0.29) is 22.7 Å². The van der Waals surface area contributed by atoms with Gasteiger partial charge in [-0.2, -0.15) is 13.9 Å². The number of carbonyl (C=O) groups excluding carboxylic acids is 1. The van der Waals surface area contributed by atoms with Gasteiger partial charge in [-0.15, -0.1) is 0 Å². The maximum atomic E-state index is 13.0. The zero-order valence-corrected chi connectivity index (χ0v) is 14.9. The summed E-state index contributed by atoms with van der Waals surface area (Å²) in [5.74, 6) is 0.450. The van der Waals surface area contributed by atoms with Crippen molar-refractivity contribution >= 4 is 5.91 Å². The highest BCUT2D eigenvalue weighted by molar-refractivity contribution is 5.92. The van der Waals surface area contributed by atoms with Crippen LogP contribution in [-0.4, -0.2) is 43.6 Å². The van der Waals surface area contributed by atoms with Gasteiger partial charge in [0.2, 0.25) is 0 Å². The van der Waals surface area contributed by atoms with Crippen LogP contribution < -0.4 is 0 Å². The van der Waals surface area contributed by atoms with E-state index in [0.29, 0.717) is 17.8 Å². The van der Waals surface area contributed by atoms with Gasteiger partial charge < -0.3 is 4.90 Å². The number of alkyl halides is 2. The number of fused-ring (bicyclic) bond motifs is 2. The SMILES string of the molecule is Cc1ncc2c(n1)C1(CCCN(C(=O)c3cc(C)n(C(F)F)n3)C1)CC2. The van der Waals surface area contributed by atoms with Gasteiger partial charge in [0, 0.05) is 30.4 Å². The van der Waals surface area contributed by atoms with Gasteiger partial charge >= 0.3 is 6.55 Å². The van der Waals surface area contributed by atoms with Gasteiger partial charge in [0.1, 0.15) is 5.82 Å². The molecule has 2 aromatic heterocycles. The summed E-state index contributed by atoms with van der Waals surface area (Å²) in [4.78, 5) is 23.6. The van der Waals surface area contributed by atoms with Crippen molar-refractivity contribution < 1.29 is 13.6 Å². The third-order valence-electron chi connectivity index (χ3n) is 5.55. The van der Waals surface area contributed by atoms with Crippen LogP contribution in [-0.2, 0) is 11.8 Å². The van der Waals surface area contributed by atoms with Crippen LogP contribution in [0.15, 0.2) is 12.3 Å². The second-order valence-electron chi connectivity index (χ2n) is 7.29. The molecule has 0 N–H and O–H groups in total. The largest absolute Gasteiger partial charge is 0.336 e. The lowest BCUT2D eigenvalue weighted by molar-refractivity contribution is 0.0518. The lowest BCUT2D eigenvalue weighted by Gasteiger charge is -2.40. The molecule has 1 amide bonds. The van der Waals surface area contributed by atoms with Gasteiger partial charge in [0.05, 0.1) is 5.69 Å². The van der Waals surface area contributed by atoms with Gasteiger partial charge in [-0.05, 0) is 51.2 Å². The van der Waals surface area contributed by atoms with Gasteiger partial charge in [-0.1, -0.05) is 0 Å². The topological polar surface area (TPSA) is 63.9 Å². The first-order chi connectivity index (χ1) is 12.4. The van der Waals surface area contributed by atoms with Crippen molar-refractivity contribution in [1.29, 1.82) is 0 Å². The minimum Gasteiger partial charge on any atom is -0.336 e. The van der Waals surface area contributed by atoms with Crippen LogP contribution in [0.2, 0.25) is 0 Å². The van der Waals surface area contributed by atoms with Crippen LogP contribution in [0.1, 0.15) is 59.1 Å². The predicted octanol–water partition coefficient (Wildman–Crippen LogP) is 2.81. The Balaban J connectivity index is 1.61. The Morgan fingerprint density at radius 1 is 1.31 bits per heavy atom. The zero-order valence-electron chi connectivity index (χ0n) is 14.9. The number of hydrogen-bond acceptors (Lipinski definition) is 4. The molecule has 138 valence electrons. The van der Waals surface area contributed by atoms with Crippen LogP contribution in [0.25, 0.3) is 0 Å². The highest BCUT2D eigenvalue weighted by Crippen LogP contribution is 2.44. The number of nitrogens with zero attached hydrogens (tertiary/aromatic N) is 5. The molecule has 2 aromatic rings. The number of piperidine rings is 1. The van der Waals surface area contributed by atoms with Crippen molar-refractivity contribution in [2.75, 3.05) is 13.1 Å². The molecule has 2 aliphatic rings. The molecule has 1 fully saturated rings. The van der Waals surface area contributed by atoms with E-state index in [4.69, 9.17) is 0 Å². The second-order valence-corrected chi connectivity index (χ2v) is 7.29. The number of carbonyl (C=O) groups is 1. The molecule has 1 atom stereocenters. The maximum Gasteiger partial charge on any atom is 0.333 e. The summed E-state index contributed by atoms with van der Waals surface area (Å²) >= 11 is 0. The highest BCUT2D eigenvalue weighted by atomic mass is 19.3. The summed E-state index contributed by atoms with van der Waals surface area (Å²) in [5.41, 5.74) is 2.41. The molecule has 1 aliphatic carbocycles. The molecule has 8 heteroatoms. The van der Waals surface area contributed by atoms with Crippen molar-refractivity contribution in [2.45, 2.75) is 51.5 Å². The summed E-state index contributed by atoms with van der Waals surface area (Å²) in [6, 6.07) is 1.44. The summed E-state index contributed by atoms with van der Waals surface area (Å²) in [6.07, 6.45) is 5.58. The summed E-state index contributed by atoms with van der Waals surface area (Å²) in [6.45, 7) is 1.82. The molecule has 1 aliphatic heterocycles. The zero-order chi connectivity index (χ0) is 18.5. The molecule has 26 heavy (non-hydrogen) atoms. The summed E-state index contributed by atoms with van der Waals surface area (Å²) < 4.78 is 26.5. The fourth-order valence-electron chi connectivity index (χ4n) is 4.28. The van der Waals surface area contributed by atoms with Crippen molar-refractivity contribution in [3.8, 4) is 0 Å². The quantitative estimate of drug-likeness (QED) is 0.825. The van der Waals surface area contributed by atoms with E-state index in [2.05, 4.69) is 15.1 Å². The maximum absolute atomic E-state index is 13.0. The molecular weight excluding hydrogens is 340 g/mol. The molecular formula is C18H21F2N5O. The van der Waals surface area contributed by atoms with E-state index < -0.39 is 6.55 Å². The van der Waals surface area contributed by atoms with Gasteiger partial charge in [0.15, 0.2) is 5.69 Å². The highest BCUT2D eigenvalue weighted by Gasteiger charge is 2.45. The van der Waals surface area contributed by atoms with E-state index in [9.17, 15) is 13.6 Å². The lowest BCUT2D eigenvalue weighted by atomic mass is 9.77. The minimum absolute atomic E-state index is 0.0805. The first-order valence-corrected chi connectivity index (χ1v) is 8.86. The fourth-order valence-corrected chi connectivity index (χ4v) is 4.28. The molecule has 1 unspecified atom stereocenters. The van der Waals surface area contributed by atoms with Crippen molar-refractivity contribution in [3.63, 3.8) is 0 Å². The molecule has 0 radical (unpaired) electrons. The number of amides is 1. The first-order valence-electron chi connectivity index (χ1n) is 8.86. The molecule has 1 saturated heterocycles. The fraction of sp³-hybridized carbons (Fsp3) is 0.556. The Labute approximate surface area is 150 Å². The summed E-state index contributed by atoms with van der Waals surface area (Å²) in [5, 5.41) is 3.81. The Bertz CT molecular complexity index is 861. The third-order valence-corrected chi connectivity index (χ3v) is 5.55. The summed E-state index contributed by atoms with van der Waals surface area (Å²) in [7, 11) is 0. The Hall–Kier alpha value is -2.38. The molecule has 6 nitrogen and oxygen atoms in total. The molecule has 4 rings (SSSR count). The number of halogens is 2. The van der Waals surface area contributed by atoms with Crippen LogP contribution in [0, 0.1) is 13.8 Å². The number of hydrogen-bond donors (Lipinski definition) is 0. The van der Waals surface area contributed by atoms with Crippen molar-refractivity contribution in [2.24, 2.45) is 0 Å². The molecule has 0 bridgehead atoms. The van der Waals surface area contributed by atoms with Gasteiger partial charge in [-0.3, -0.25) is 4.79 Å². The van der Waals surface area contributed by atoms with Crippen LogP contribution in [0.3, 0.4) is 0 Å². The normalized spacial score (nSPS) is 22.3. The Morgan fingerprint density at radius 2 is 2.12 bits per heavy atom. The van der Waals surface area contributed by atoms with E-state index >= 15 is 0 Å². The average Bonchev–Trinajstić information content (AvgIpc) is 3.16. The van der Waals surface area contributed by atoms with Crippen LogP contribution >= 0.6 is 0 Å². The average molecular weight is 361 g/mol. The minimum atomic E-state index is -2.74. The molecule has 3 heterocycles. The third kappa shape index (κ3) is 2.68. The number of likely N-dealkylation sites (tertiary alicyclic amines) is 1. The van der Waals surface area contributed by atoms with Crippen LogP contribution in [0.4, 0.5) is 8.78 Å². The Morgan fingerprint density at radius 3 is 2.85 bits per heavy atom. The second kappa shape index (κ2) is 6.10. The smallest absolute Gasteiger partial charge is 0.333 e. The number of aryl methyl sites for hydroxylation is 3. The number of aromatic nitrogens is 4. The lowest BCUT2D eigenvalue weighted by Crippen LogP contribution is -2.48. The van der Waals surface area contributed by atoms with E-state index in [1.807, 2.05) is 13.1 Å². The van der Waals surface area contributed by atoms with Gasteiger partial charge in [0.25, 0.3) is 5.91 Å². The predicted molar refractivity (Wildman–Crippen MR) is 90.1 cm³/mol.